The highest BCUT2D eigenvalue weighted by Gasteiger charge is 2.12. The molecule has 0 saturated carbocycles. The largest absolute Gasteiger partial charge is 0.497 e. The molecule has 0 unspecified atom stereocenters. The first-order chi connectivity index (χ1) is 13.1. The number of carbonyl (C=O) groups is 1. The third-order valence-electron chi connectivity index (χ3n) is 3.58. The first-order valence-electron chi connectivity index (χ1n) is 7.97. The zero-order valence-corrected chi connectivity index (χ0v) is 16.0. The van der Waals surface area contributed by atoms with Crippen molar-refractivity contribution in [3.63, 3.8) is 0 Å². The van der Waals surface area contributed by atoms with Crippen LogP contribution in [0.25, 0.3) is 10.6 Å². The van der Waals surface area contributed by atoms with Crippen LogP contribution in [0.15, 0.2) is 47.8 Å². The average molecular weight is 406 g/mol. The lowest BCUT2D eigenvalue weighted by molar-refractivity contribution is -0.113. The normalized spacial score (nSPS) is 10.6. The molecular weight excluding hydrogens is 390 g/mol. The molecule has 0 aliphatic heterocycles. The van der Waals surface area contributed by atoms with E-state index in [1.807, 2.05) is 29.6 Å². The van der Waals surface area contributed by atoms with Gasteiger partial charge in [-0.05, 0) is 24.3 Å². The van der Waals surface area contributed by atoms with Gasteiger partial charge in [-0.2, -0.15) is 0 Å². The molecule has 4 nitrogen and oxygen atoms in total. The Morgan fingerprint density at radius 3 is 2.70 bits per heavy atom. The molecule has 27 heavy (non-hydrogen) atoms. The molecule has 8 heteroatoms. The van der Waals surface area contributed by atoms with Crippen molar-refractivity contribution in [2.75, 3.05) is 18.2 Å². The number of thioether (sulfide) groups is 1. The Morgan fingerprint density at radius 2 is 1.96 bits per heavy atom. The fourth-order valence-electron chi connectivity index (χ4n) is 2.30. The van der Waals surface area contributed by atoms with Crippen LogP contribution in [0.1, 0.15) is 5.69 Å². The van der Waals surface area contributed by atoms with Crippen molar-refractivity contribution in [2.24, 2.45) is 0 Å². The zero-order valence-electron chi connectivity index (χ0n) is 14.4. The van der Waals surface area contributed by atoms with E-state index in [1.165, 1.54) is 29.2 Å². The Kier molecular flexibility index (Phi) is 6.41. The van der Waals surface area contributed by atoms with Gasteiger partial charge >= 0.3 is 0 Å². The van der Waals surface area contributed by atoms with Crippen molar-refractivity contribution in [3.05, 3.63) is 65.2 Å². The lowest BCUT2D eigenvalue weighted by atomic mass is 10.2. The Balaban J connectivity index is 1.54. The Hall–Kier alpha value is -2.45. The summed E-state index contributed by atoms with van der Waals surface area (Å²) in [5.41, 5.74) is 1.38. The number of rotatable bonds is 7. The molecule has 140 valence electrons. The highest BCUT2D eigenvalue weighted by atomic mass is 32.2. The first kappa shape index (κ1) is 19.3. The van der Waals surface area contributed by atoms with Crippen LogP contribution in [0.3, 0.4) is 0 Å². The predicted octanol–water partition coefficient (Wildman–Crippen LogP) is 4.97. The number of hydrogen-bond donors (Lipinski definition) is 1. The molecule has 0 bridgehead atoms. The number of benzene rings is 2. The van der Waals surface area contributed by atoms with Gasteiger partial charge < -0.3 is 10.1 Å². The van der Waals surface area contributed by atoms with Crippen molar-refractivity contribution in [1.29, 1.82) is 0 Å². The van der Waals surface area contributed by atoms with Gasteiger partial charge in [-0.25, -0.2) is 13.8 Å². The molecule has 3 aromatic rings. The number of para-hydroxylation sites is 1. The lowest BCUT2D eigenvalue weighted by Gasteiger charge is -2.06. The summed E-state index contributed by atoms with van der Waals surface area (Å²) in [6, 6.07) is 11.1. The summed E-state index contributed by atoms with van der Waals surface area (Å²) in [6.45, 7) is 0. The van der Waals surface area contributed by atoms with Gasteiger partial charge in [-0.3, -0.25) is 4.79 Å². The maximum Gasteiger partial charge on any atom is 0.234 e. The Labute approximate surface area is 163 Å². The number of hydrogen-bond acceptors (Lipinski definition) is 5. The predicted molar refractivity (Wildman–Crippen MR) is 105 cm³/mol. The molecule has 1 aromatic heterocycles. The smallest absolute Gasteiger partial charge is 0.234 e. The number of methoxy groups -OCH3 is 1. The third-order valence-corrected chi connectivity index (χ3v) is 5.49. The maximum atomic E-state index is 13.5. The summed E-state index contributed by atoms with van der Waals surface area (Å²) in [6.07, 6.45) is 0. The van der Waals surface area contributed by atoms with Crippen LogP contribution in [0.4, 0.5) is 14.5 Å². The number of anilines is 1. The molecule has 0 aliphatic rings. The van der Waals surface area contributed by atoms with E-state index in [0.717, 1.165) is 34.1 Å². The highest BCUT2D eigenvalue weighted by Crippen LogP contribution is 2.28. The number of nitrogens with one attached hydrogen (secondary N) is 1. The number of amides is 1. The molecule has 0 aliphatic carbocycles. The van der Waals surface area contributed by atoms with E-state index in [0.29, 0.717) is 5.75 Å². The van der Waals surface area contributed by atoms with Gasteiger partial charge in [-0.15, -0.1) is 23.1 Å². The van der Waals surface area contributed by atoms with Crippen LogP contribution >= 0.6 is 23.1 Å². The number of thiazole rings is 1. The minimum atomic E-state index is -0.796. The van der Waals surface area contributed by atoms with Crippen molar-refractivity contribution in [1.82, 2.24) is 4.98 Å². The van der Waals surface area contributed by atoms with E-state index in [1.54, 1.807) is 7.11 Å². The van der Waals surface area contributed by atoms with Crippen LogP contribution in [-0.4, -0.2) is 23.8 Å². The first-order valence-corrected chi connectivity index (χ1v) is 10.0. The second-order valence-electron chi connectivity index (χ2n) is 5.51. The SMILES string of the molecule is COc1cccc(-c2nc(CSCC(=O)Nc3c(F)cccc3F)cs2)c1. The van der Waals surface area contributed by atoms with Gasteiger partial charge in [0.05, 0.1) is 18.6 Å². The quantitative estimate of drug-likeness (QED) is 0.602. The van der Waals surface area contributed by atoms with Crippen molar-refractivity contribution < 1.29 is 18.3 Å². The molecule has 0 radical (unpaired) electrons. The van der Waals surface area contributed by atoms with Gasteiger partial charge in [0.1, 0.15) is 28.1 Å². The van der Waals surface area contributed by atoms with Gasteiger partial charge in [0.2, 0.25) is 5.91 Å². The number of carbonyl (C=O) groups excluding carboxylic acids is 1. The fraction of sp³-hybridized carbons (Fsp3) is 0.158. The van der Waals surface area contributed by atoms with E-state index in [-0.39, 0.29) is 5.75 Å². The number of halogens is 2. The zero-order chi connectivity index (χ0) is 19.2. The van der Waals surface area contributed by atoms with Crippen LogP contribution in [0.2, 0.25) is 0 Å². The summed E-state index contributed by atoms with van der Waals surface area (Å²) < 4.78 is 32.3. The standard InChI is InChI=1S/C19H16F2N2O2S2/c1-25-14-5-2-4-12(8-14)19-22-13(10-27-19)9-26-11-17(24)23-18-15(20)6-3-7-16(18)21/h2-8,10H,9,11H2,1H3,(H,23,24). The number of ether oxygens (including phenoxy) is 1. The minimum absolute atomic E-state index is 0.0692. The van der Waals surface area contributed by atoms with Crippen molar-refractivity contribution >= 4 is 34.7 Å². The van der Waals surface area contributed by atoms with Gasteiger partial charge in [0.15, 0.2) is 0 Å². The van der Waals surface area contributed by atoms with E-state index in [4.69, 9.17) is 4.74 Å². The summed E-state index contributed by atoms with van der Waals surface area (Å²) in [4.78, 5) is 16.5. The second kappa shape index (κ2) is 8.96. The molecule has 1 amide bonds. The van der Waals surface area contributed by atoms with E-state index >= 15 is 0 Å². The summed E-state index contributed by atoms with van der Waals surface area (Å²) in [5.74, 6) is -0.706. The maximum absolute atomic E-state index is 13.5. The molecule has 0 spiro atoms. The van der Waals surface area contributed by atoms with Crippen LogP contribution in [0.5, 0.6) is 5.75 Å². The number of nitrogens with zero attached hydrogens (tertiary/aromatic N) is 1. The van der Waals surface area contributed by atoms with Gasteiger partial charge in [0.25, 0.3) is 0 Å². The van der Waals surface area contributed by atoms with E-state index < -0.39 is 23.2 Å². The van der Waals surface area contributed by atoms with E-state index in [9.17, 15) is 13.6 Å². The molecule has 0 atom stereocenters. The molecule has 3 rings (SSSR count). The van der Waals surface area contributed by atoms with Crippen molar-refractivity contribution in [2.45, 2.75) is 5.75 Å². The minimum Gasteiger partial charge on any atom is -0.497 e. The average Bonchev–Trinajstić information content (AvgIpc) is 3.14. The van der Waals surface area contributed by atoms with E-state index in [2.05, 4.69) is 10.3 Å². The molecule has 0 saturated heterocycles. The molecular formula is C19H16F2N2O2S2. The monoisotopic (exact) mass is 406 g/mol. The second-order valence-corrected chi connectivity index (χ2v) is 7.36. The van der Waals surface area contributed by atoms with Crippen LogP contribution in [-0.2, 0) is 10.5 Å². The molecule has 2 aromatic carbocycles. The van der Waals surface area contributed by atoms with Crippen molar-refractivity contribution in [3.8, 4) is 16.3 Å². The van der Waals surface area contributed by atoms with Crippen LogP contribution in [0, 0.1) is 11.6 Å². The van der Waals surface area contributed by atoms with Gasteiger partial charge in [-0.1, -0.05) is 18.2 Å². The summed E-state index contributed by atoms with van der Waals surface area (Å²) in [5, 5.41) is 5.06. The topological polar surface area (TPSA) is 51.2 Å². The van der Waals surface area contributed by atoms with Crippen LogP contribution < -0.4 is 10.1 Å². The molecule has 1 N–H and O–H groups in total. The number of aromatic nitrogens is 1. The Morgan fingerprint density at radius 1 is 1.22 bits per heavy atom. The van der Waals surface area contributed by atoms with Gasteiger partial charge in [0, 0.05) is 16.7 Å². The fourth-order valence-corrected chi connectivity index (χ4v) is 3.94. The summed E-state index contributed by atoms with van der Waals surface area (Å²) in [7, 11) is 1.61. The molecule has 1 heterocycles. The summed E-state index contributed by atoms with van der Waals surface area (Å²) >= 11 is 2.83. The highest BCUT2D eigenvalue weighted by molar-refractivity contribution is 7.99. The molecule has 0 fully saturated rings. The lowest BCUT2D eigenvalue weighted by Crippen LogP contribution is -2.16. The Bertz CT molecular complexity index is 927. The third kappa shape index (κ3) is 5.05.